The summed E-state index contributed by atoms with van der Waals surface area (Å²) < 4.78 is 22.9. The normalized spacial score (nSPS) is 11.3. The fourth-order valence-corrected chi connectivity index (χ4v) is 2.10. The molecule has 0 bridgehead atoms. The minimum atomic E-state index is -3.16. The largest absolute Gasteiger partial charge is 0.294 e. The topological polar surface area (TPSA) is 51.2 Å². The molecule has 1 aromatic rings. The first kappa shape index (κ1) is 11.9. The van der Waals surface area contributed by atoms with Crippen LogP contribution in [-0.4, -0.2) is 20.0 Å². The lowest BCUT2D eigenvalue weighted by Gasteiger charge is -2.02. The number of carbonyl (C=O) groups excluding carboxylic acids is 1. The molecule has 0 saturated heterocycles. The number of sulfone groups is 1. The van der Waals surface area contributed by atoms with Crippen LogP contribution in [0, 0.1) is 0 Å². The molecule has 15 heavy (non-hydrogen) atoms. The molecule has 0 fully saturated rings. The Morgan fingerprint density at radius 3 is 2.07 bits per heavy atom. The fraction of sp³-hybridized carbons (Fsp3) is 0.364. The second-order valence-corrected chi connectivity index (χ2v) is 5.48. The summed E-state index contributed by atoms with van der Waals surface area (Å²) >= 11 is 0. The molecule has 0 aliphatic rings. The molecule has 1 aromatic carbocycles. The highest BCUT2D eigenvalue weighted by Gasteiger charge is 2.11. The SMILES string of the molecule is CCC(=O)c1ccc(S(=O)(=O)CC)cc1. The quantitative estimate of drug-likeness (QED) is 0.738. The summed E-state index contributed by atoms with van der Waals surface area (Å²) in [5, 5.41) is 0. The number of Topliss-reactive ketones (excluding diaryl/α,β-unsaturated/α-hetero) is 1. The summed E-state index contributed by atoms with van der Waals surface area (Å²) in [7, 11) is -3.16. The van der Waals surface area contributed by atoms with Crippen LogP contribution in [0.2, 0.25) is 0 Å². The molecule has 82 valence electrons. The molecule has 0 aliphatic carbocycles. The molecule has 0 aromatic heterocycles. The van der Waals surface area contributed by atoms with Crippen molar-refractivity contribution in [3.63, 3.8) is 0 Å². The van der Waals surface area contributed by atoms with Crippen LogP contribution in [0.1, 0.15) is 30.6 Å². The van der Waals surface area contributed by atoms with Crippen molar-refractivity contribution in [2.24, 2.45) is 0 Å². The fourth-order valence-electron chi connectivity index (χ4n) is 1.22. The minimum absolute atomic E-state index is 0.0236. The molecule has 0 amide bonds. The second kappa shape index (κ2) is 4.57. The number of ketones is 1. The van der Waals surface area contributed by atoms with Gasteiger partial charge in [-0.3, -0.25) is 4.79 Å². The van der Waals surface area contributed by atoms with Gasteiger partial charge in [-0.05, 0) is 12.1 Å². The standard InChI is InChI=1S/C11H14O3S/c1-3-11(12)9-5-7-10(8-6-9)15(13,14)4-2/h5-8H,3-4H2,1-2H3. The molecule has 0 spiro atoms. The first-order chi connectivity index (χ1) is 7.01. The third-order valence-electron chi connectivity index (χ3n) is 2.24. The van der Waals surface area contributed by atoms with Gasteiger partial charge in [0, 0.05) is 12.0 Å². The smallest absolute Gasteiger partial charge is 0.178 e. The average molecular weight is 226 g/mol. The van der Waals surface area contributed by atoms with E-state index in [9.17, 15) is 13.2 Å². The van der Waals surface area contributed by atoms with Crippen LogP contribution in [0.3, 0.4) is 0 Å². The number of rotatable bonds is 4. The van der Waals surface area contributed by atoms with Crippen molar-refractivity contribution in [1.29, 1.82) is 0 Å². The zero-order valence-corrected chi connectivity index (χ0v) is 9.67. The van der Waals surface area contributed by atoms with Crippen molar-refractivity contribution in [3.05, 3.63) is 29.8 Å². The Labute approximate surface area is 90.0 Å². The third-order valence-corrected chi connectivity index (χ3v) is 3.99. The third kappa shape index (κ3) is 2.65. The summed E-state index contributed by atoms with van der Waals surface area (Å²) in [6.45, 7) is 3.37. The summed E-state index contributed by atoms with van der Waals surface area (Å²) in [5.74, 6) is 0.101. The molecular weight excluding hydrogens is 212 g/mol. The van der Waals surface area contributed by atoms with Gasteiger partial charge in [-0.25, -0.2) is 8.42 Å². The van der Waals surface area contributed by atoms with Gasteiger partial charge in [-0.15, -0.1) is 0 Å². The van der Waals surface area contributed by atoms with Gasteiger partial charge in [0.2, 0.25) is 0 Å². The number of carbonyl (C=O) groups is 1. The van der Waals surface area contributed by atoms with E-state index in [0.29, 0.717) is 12.0 Å². The van der Waals surface area contributed by atoms with Gasteiger partial charge in [0.1, 0.15) is 0 Å². The van der Waals surface area contributed by atoms with E-state index >= 15 is 0 Å². The number of hydrogen-bond donors (Lipinski definition) is 0. The summed E-state index contributed by atoms with van der Waals surface area (Å²) in [6, 6.07) is 6.10. The van der Waals surface area contributed by atoms with Crippen LogP contribution >= 0.6 is 0 Å². The maximum absolute atomic E-state index is 11.5. The van der Waals surface area contributed by atoms with Crippen LogP contribution in [0.5, 0.6) is 0 Å². The lowest BCUT2D eigenvalue weighted by molar-refractivity contribution is 0.0988. The van der Waals surface area contributed by atoms with E-state index in [4.69, 9.17) is 0 Å². The maximum Gasteiger partial charge on any atom is 0.178 e. The van der Waals surface area contributed by atoms with E-state index in [1.807, 2.05) is 0 Å². The molecule has 0 unspecified atom stereocenters. The first-order valence-corrected chi connectivity index (χ1v) is 6.52. The Hall–Kier alpha value is -1.16. The van der Waals surface area contributed by atoms with Crippen molar-refractivity contribution >= 4 is 15.6 Å². The molecule has 0 N–H and O–H groups in total. The van der Waals surface area contributed by atoms with Gasteiger partial charge >= 0.3 is 0 Å². The van der Waals surface area contributed by atoms with E-state index in [1.165, 1.54) is 12.1 Å². The first-order valence-electron chi connectivity index (χ1n) is 4.87. The van der Waals surface area contributed by atoms with Crippen molar-refractivity contribution in [2.75, 3.05) is 5.75 Å². The Kier molecular flexibility index (Phi) is 3.63. The number of hydrogen-bond acceptors (Lipinski definition) is 3. The summed E-state index contributed by atoms with van der Waals surface area (Å²) in [5.41, 5.74) is 0.563. The highest BCUT2D eigenvalue weighted by atomic mass is 32.2. The zero-order chi connectivity index (χ0) is 11.5. The lowest BCUT2D eigenvalue weighted by Crippen LogP contribution is -2.04. The van der Waals surface area contributed by atoms with Crippen molar-refractivity contribution < 1.29 is 13.2 Å². The van der Waals surface area contributed by atoms with Crippen LogP contribution < -0.4 is 0 Å². The van der Waals surface area contributed by atoms with Crippen molar-refractivity contribution in [3.8, 4) is 0 Å². The minimum Gasteiger partial charge on any atom is -0.294 e. The second-order valence-electron chi connectivity index (χ2n) is 3.20. The van der Waals surface area contributed by atoms with Gasteiger partial charge in [-0.1, -0.05) is 26.0 Å². The van der Waals surface area contributed by atoms with Gasteiger partial charge in [0.05, 0.1) is 10.6 Å². The maximum atomic E-state index is 11.5. The molecule has 4 heteroatoms. The Balaban J connectivity index is 3.06. The van der Waals surface area contributed by atoms with Gasteiger partial charge in [-0.2, -0.15) is 0 Å². The van der Waals surface area contributed by atoms with E-state index < -0.39 is 9.84 Å². The van der Waals surface area contributed by atoms with E-state index in [-0.39, 0.29) is 16.4 Å². The zero-order valence-electron chi connectivity index (χ0n) is 8.86. The molecule has 0 saturated carbocycles. The van der Waals surface area contributed by atoms with Crippen molar-refractivity contribution in [1.82, 2.24) is 0 Å². The Morgan fingerprint density at radius 2 is 1.67 bits per heavy atom. The molecule has 0 heterocycles. The van der Waals surface area contributed by atoms with Crippen molar-refractivity contribution in [2.45, 2.75) is 25.2 Å². The monoisotopic (exact) mass is 226 g/mol. The Morgan fingerprint density at radius 1 is 1.13 bits per heavy atom. The predicted molar refractivity (Wildman–Crippen MR) is 58.8 cm³/mol. The van der Waals surface area contributed by atoms with Crippen LogP contribution in [-0.2, 0) is 9.84 Å². The predicted octanol–water partition coefficient (Wildman–Crippen LogP) is 2.07. The van der Waals surface area contributed by atoms with Gasteiger partial charge in [0.25, 0.3) is 0 Å². The highest BCUT2D eigenvalue weighted by Crippen LogP contribution is 2.13. The number of benzene rings is 1. The average Bonchev–Trinajstić information content (AvgIpc) is 2.28. The Bertz CT molecular complexity index is 443. The molecular formula is C11H14O3S. The lowest BCUT2D eigenvalue weighted by atomic mass is 10.1. The van der Waals surface area contributed by atoms with E-state index in [2.05, 4.69) is 0 Å². The highest BCUT2D eigenvalue weighted by molar-refractivity contribution is 7.91. The molecule has 1 rings (SSSR count). The van der Waals surface area contributed by atoms with E-state index in [0.717, 1.165) is 0 Å². The van der Waals surface area contributed by atoms with Crippen LogP contribution in [0.4, 0.5) is 0 Å². The van der Waals surface area contributed by atoms with Crippen LogP contribution in [0.25, 0.3) is 0 Å². The summed E-state index contributed by atoms with van der Waals surface area (Å²) in [4.78, 5) is 11.6. The van der Waals surface area contributed by atoms with Crippen LogP contribution in [0.15, 0.2) is 29.2 Å². The van der Waals surface area contributed by atoms with E-state index in [1.54, 1.807) is 26.0 Å². The molecule has 0 aliphatic heterocycles. The van der Waals surface area contributed by atoms with Gasteiger partial charge in [0.15, 0.2) is 15.6 Å². The molecule has 0 radical (unpaired) electrons. The molecule has 0 atom stereocenters. The summed E-state index contributed by atoms with van der Waals surface area (Å²) in [6.07, 6.45) is 0.430. The molecule has 3 nitrogen and oxygen atoms in total. The van der Waals surface area contributed by atoms with Gasteiger partial charge < -0.3 is 0 Å².